The number of amides is 2. The molecule has 0 unspecified atom stereocenters. The number of benzene rings is 1. The number of ether oxygens (including phenoxy) is 1. The van der Waals surface area contributed by atoms with Crippen LogP contribution >= 0.6 is 0 Å². The highest BCUT2D eigenvalue weighted by Crippen LogP contribution is 2.27. The van der Waals surface area contributed by atoms with E-state index in [4.69, 9.17) is 14.4 Å². The van der Waals surface area contributed by atoms with Crippen molar-refractivity contribution >= 4 is 23.9 Å². The van der Waals surface area contributed by atoms with E-state index < -0.39 is 17.8 Å². The standard InChI is InChI=1S/C22H16N2O5/c1-3-9-28-22(27)15-6-4-5-14(10-15)19-8-7-16(29-19)11-17-13(2)18(12-23)21(26)24-20(17)25/h3-8,10-11H,1,9H2,2H3,(H,24,25,26)/b17-11+. The monoisotopic (exact) mass is 388 g/mol. The average Bonchev–Trinajstić information content (AvgIpc) is 3.18. The highest BCUT2D eigenvalue weighted by molar-refractivity contribution is 6.19. The summed E-state index contributed by atoms with van der Waals surface area (Å²) in [4.78, 5) is 35.8. The van der Waals surface area contributed by atoms with Crippen LogP contribution < -0.4 is 5.32 Å². The lowest BCUT2D eigenvalue weighted by Gasteiger charge is -2.15. The molecule has 1 aromatic heterocycles. The van der Waals surface area contributed by atoms with E-state index in [1.807, 2.05) is 0 Å². The van der Waals surface area contributed by atoms with E-state index in [1.165, 1.54) is 19.1 Å². The molecule has 7 heteroatoms. The highest BCUT2D eigenvalue weighted by Gasteiger charge is 2.27. The minimum atomic E-state index is -0.715. The maximum atomic E-state index is 12.1. The number of furan rings is 1. The molecular weight excluding hydrogens is 372 g/mol. The average molecular weight is 388 g/mol. The Labute approximate surface area is 166 Å². The van der Waals surface area contributed by atoms with Crippen molar-refractivity contribution in [3.05, 3.63) is 77.1 Å². The van der Waals surface area contributed by atoms with Gasteiger partial charge in [0.15, 0.2) is 0 Å². The van der Waals surface area contributed by atoms with E-state index in [9.17, 15) is 14.4 Å². The molecule has 0 aliphatic carbocycles. The van der Waals surface area contributed by atoms with E-state index in [1.54, 1.807) is 42.5 Å². The first-order valence-corrected chi connectivity index (χ1v) is 8.61. The summed E-state index contributed by atoms with van der Waals surface area (Å²) >= 11 is 0. The van der Waals surface area contributed by atoms with Crippen molar-refractivity contribution < 1.29 is 23.5 Å². The van der Waals surface area contributed by atoms with Gasteiger partial charge in [-0.2, -0.15) is 5.26 Å². The molecule has 0 saturated heterocycles. The van der Waals surface area contributed by atoms with Gasteiger partial charge in [-0.25, -0.2) is 4.79 Å². The summed E-state index contributed by atoms with van der Waals surface area (Å²) < 4.78 is 10.8. The number of hydrogen-bond donors (Lipinski definition) is 1. The number of esters is 1. The van der Waals surface area contributed by atoms with Crippen LogP contribution in [-0.2, 0) is 14.3 Å². The summed E-state index contributed by atoms with van der Waals surface area (Å²) in [6, 6.07) is 11.9. The lowest BCUT2D eigenvalue weighted by molar-refractivity contribution is -0.126. The van der Waals surface area contributed by atoms with Crippen molar-refractivity contribution in [2.45, 2.75) is 6.92 Å². The number of nitriles is 1. The van der Waals surface area contributed by atoms with Gasteiger partial charge in [0.25, 0.3) is 11.8 Å². The lowest BCUT2D eigenvalue weighted by atomic mass is 9.96. The fourth-order valence-electron chi connectivity index (χ4n) is 2.76. The van der Waals surface area contributed by atoms with Crippen molar-refractivity contribution in [1.82, 2.24) is 5.32 Å². The molecule has 29 heavy (non-hydrogen) atoms. The Morgan fingerprint density at radius 1 is 1.28 bits per heavy atom. The summed E-state index contributed by atoms with van der Waals surface area (Å²) in [7, 11) is 0. The van der Waals surface area contributed by atoms with Crippen LogP contribution in [0.3, 0.4) is 0 Å². The van der Waals surface area contributed by atoms with Gasteiger partial charge in [0.05, 0.1) is 5.56 Å². The van der Waals surface area contributed by atoms with E-state index in [-0.39, 0.29) is 23.3 Å². The molecule has 1 aliphatic heterocycles. The van der Waals surface area contributed by atoms with Crippen LogP contribution in [0.15, 0.2) is 70.2 Å². The van der Waals surface area contributed by atoms with Crippen LogP contribution in [0.5, 0.6) is 0 Å². The summed E-state index contributed by atoms with van der Waals surface area (Å²) in [6.45, 7) is 5.15. The first-order valence-electron chi connectivity index (χ1n) is 8.61. The van der Waals surface area contributed by atoms with Crippen molar-refractivity contribution in [2.24, 2.45) is 0 Å². The molecule has 2 amide bonds. The maximum Gasteiger partial charge on any atom is 0.338 e. The number of carbonyl (C=O) groups is 3. The number of rotatable bonds is 5. The molecule has 0 fully saturated rings. The van der Waals surface area contributed by atoms with E-state index in [2.05, 4.69) is 11.9 Å². The third kappa shape index (κ3) is 4.06. The van der Waals surface area contributed by atoms with E-state index >= 15 is 0 Å². The quantitative estimate of drug-likeness (QED) is 0.365. The molecule has 2 heterocycles. The van der Waals surface area contributed by atoms with Crippen molar-refractivity contribution in [2.75, 3.05) is 6.61 Å². The Hall–Kier alpha value is -4.18. The van der Waals surface area contributed by atoms with Gasteiger partial charge in [-0.15, -0.1) is 0 Å². The molecule has 2 aromatic rings. The molecule has 1 N–H and O–H groups in total. The van der Waals surface area contributed by atoms with Gasteiger partial charge in [0.1, 0.15) is 29.8 Å². The minimum Gasteiger partial charge on any atom is -0.458 e. The zero-order valence-electron chi connectivity index (χ0n) is 15.5. The largest absolute Gasteiger partial charge is 0.458 e. The Balaban J connectivity index is 1.91. The summed E-state index contributed by atoms with van der Waals surface area (Å²) in [6.07, 6.45) is 2.94. The Morgan fingerprint density at radius 2 is 2.07 bits per heavy atom. The Kier molecular flexibility index (Phi) is 5.56. The fraction of sp³-hybridized carbons (Fsp3) is 0.0909. The van der Waals surface area contributed by atoms with Crippen LogP contribution in [0, 0.1) is 11.3 Å². The van der Waals surface area contributed by atoms with Crippen molar-refractivity contribution in [3.8, 4) is 17.4 Å². The van der Waals surface area contributed by atoms with Crippen LogP contribution in [0.4, 0.5) is 0 Å². The fourth-order valence-corrected chi connectivity index (χ4v) is 2.76. The third-order valence-corrected chi connectivity index (χ3v) is 4.22. The normalized spacial score (nSPS) is 15.1. The predicted octanol–water partition coefficient (Wildman–Crippen LogP) is 3.17. The number of hydrogen-bond acceptors (Lipinski definition) is 6. The van der Waals surface area contributed by atoms with Crippen LogP contribution in [0.2, 0.25) is 0 Å². The zero-order chi connectivity index (χ0) is 21.0. The predicted molar refractivity (Wildman–Crippen MR) is 104 cm³/mol. The molecule has 7 nitrogen and oxygen atoms in total. The van der Waals surface area contributed by atoms with Crippen molar-refractivity contribution in [1.29, 1.82) is 5.26 Å². The van der Waals surface area contributed by atoms with Gasteiger partial charge >= 0.3 is 5.97 Å². The van der Waals surface area contributed by atoms with E-state index in [0.29, 0.717) is 22.6 Å². The molecule has 0 atom stereocenters. The topological polar surface area (TPSA) is 109 Å². The smallest absolute Gasteiger partial charge is 0.338 e. The molecule has 144 valence electrons. The minimum absolute atomic E-state index is 0.115. The molecule has 1 aliphatic rings. The first-order chi connectivity index (χ1) is 13.9. The lowest BCUT2D eigenvalue weighted by Crippen LogP contribution is -2.37. The number of imide groups is 1. The second-order valence-electron chi connectivity index (χ2n) is 6.12. The van der Waals surface area contributed by atoms with Gasteiger partial charge in [0, 0.05) is 11.1 Å². The summed E-state index contributed by atoms with van der Waals surface area (Å²) in [5.41, 5.74) is 1.35. The number of nitrogens with one attached hydrogen (secondary N) is 1. The molecule has 0 spiro atoms. The summed E-state index contributed by atoms with van der Waals surface area (Å²) in [5.74, 6) is -0.960. The van der Waals surface area contributed by atoms with Gasteiger partial charge in [-0.3, -0.25) is 14.9 Å². The van der Waals surface area contributed by atoms with Crippen LogP contribution in [0.1, 0.15) is 23.0 Å². The second kappa shape index (κ2) is 8.23. The van der Waals surface area contributed by atoms with Gasteiger partial charge in [-0.1, -0.05) is 24.8 Å². The second-order valence-corrected chi connectivity index (χ2v) is 6.12. The first kappa shape index (κ1) is 19.6. The molecule has 0 saturated carbocycles. The summed E-state index contributed by atoms with van der Waals surface area (Å²) in [5, 5.41) is 11.2. The van der Waals surface area contributed by atoms with Gasteiger partial charge < -0.3 is 9.15 Å². The molecule has 3 rings (SSSR count). The maximum absolute atomic E-state index is 12.1. The van der Waals surface area contributed by atoms with Crippen LogP contribution in [0.25, 0.3) is 17.4 Å². The van der Waals surface area contributed by atoms with Gasteiger partial charge in [-0.05, 0) is 42.8 Å². The molecule has 0 bridgehead atoms. The van der Waals surface area contributed by atoms with Crippen molar-refractivity contribution in [3.63, 3.8) is 0 Å². The zero-order valence-corrected chi connectivity index (χ0v) is 15.5. The molecule has 0 radical (unpaired) electrons. The Morgan fingerprint density at radius 3 is 2.79 bits per heavy atom. The van der Waals surface area contributed by atoms with E-state index in [0.717, 1.165) is 0 Å². The molecule has 1 aromatic carbocycles. The number of nitrogens with zero attached hydrogens (tertiary/aromatic N) is 1. The highest BCUT2D eigenvalue weighted by atomic mass is 16.5. The SMILES string of the molecule is C=CCOC(=O)c1cccc(-c2ccc(/C=C3/C(=O)NC(=O)C(C#N)=C3C)o2)c1. The number of carbonyl (C=O) groups excluding carboxylic acids is 3. The Bertz CT molecular complexity index is 1130. The molecular formula is C22H16N2O5. The third-order valence-electron chi connectivity index (χ3n) is 4.22. The van der Waals surface area contributed by atoms with Gasteiger partial charge in [0.2, 0.25) is 0 Å². The van der Waals surface area contributed by atoms with Crippen LogP contribution in [-0.4, -0.2) is 24.4 Å².